The smallest absolute Gasteiger partial charge is 0.243 e. The number of nitrogens with zero attached hydrogens (tertiary/aromatic N) is 2. The Morgan fingerprint density at radius 1 is 0.947 bits per heavy atom. The minimum atomic E-state index is -3.88. The van der Waals surface area contributed by atoms with E-state index in [0.29, 0.717) is 17.5 Å². The van der Waals surface area contributed by atoms with Gasteiger partial charge < -0.3 is 15.8 Å². The van der Waals surface area contributed by atoms with Gasteiger partial charge in [0.05, 0.1) is 22.0 Å². The van der Waals surface area contributed by atoms with E-state index in [1.165, 1.54) is 4.31 Å². The average molecular weight is 557 g/mol. The number of H-pyrrole nitrogens is 1. The van der Waals surface area contributed by atoms with Crippen LogP contribution in [-0.4, -0.2) is 53.0 Å². The Kier molecular flexibility index (Phi) is 10.1. The lowest BCUT2D eigenvalue weighted by Gasteiger charge is -2.28. The number of aromatic amines is 1. The third kappa shape index (κ3) is 7.01. The summed E-state index contributed by atoms with van der Waals surface area (Å²) in [5.74, 6) is 0.881. The van der Waals surface area contributed by atoms with Gasteiger partial charge in [0.25, 0.3) is 0 Å². The molecule has 1 heterocycles. The third-order valence-electron chi connectivity index (χ3n) is 6.59. The van der Waals surface area contributed by atoms with Crippen LogP contribution >= 0.6 is 12.4 Å². The number of sulfonamides is 1. The van der Waals surface area contributed by atoms with Gasteiger partial charge in [-0.05, 0) is 41.7 Å². The molecule has 4 N–H and O–H groups in total. The van der Waals surface area contributed by atoms with E-state index in [1.54, 1.807) is 18.2 Å². The summed E-state index contributed by atoms with van der Waals surface area (Å²) in [6.45, 7) is 6.16. The monoisotopic (exact) mass is 556 g/mol. The van der Waals surface area contributed by atoms with Gasteiger partial charge in [-0.25, -0.2) is 13.4 Å². The minimum Gasteiger partial charge on any atom is -0.390 e. The molecule has 0 fully saturated rings. The van der Waals surface area contributed by atoms with Crippen molar-refractivity contribution in [3.8, 4) is 0 Å². The van der Waals surface area contributed by atoms with E-state index >= 15 is 0 Å². The second-order valence-corrected chi connectivity index (χ2v) is 12.0. The lowest BCUT2D eigenvalue weighted by Crippen LogP contribution is -2.47. The normalized spacial score (nSPS) is 14.4. The maximum absolute atomic E-state index is 13.7. The second-order valence-electron chi connectivity index (χ2n) is 10.1. The molecule has 7 nitrogen and oxygen atoms in total. The number of benzene rings is 3. The summed E-state index contributed by atoms with van der Waals surface area (Å²) in [6.07, 6.45) is -0.553. The summed E-state index contributed by atoms with van der Waals surface area (Å²) in [7, 11) is -3.88. The van der Waals surface area contributed by atoms with E-state index in [2.05, 4.69) is 11.9 Å². The van der Waals surface area contributed by atoms with Crippen LogP contribution in [-0.2, 0) is 16.4 Å². The standard InChI is InChI=1S/C29H36N4O3S.ClH/c1-20(2)18-33(19-28(34)25(30)16-22-10-6-4-7-11-22)37(35,36)24-14-15-26-27(17-24)32-29(31-26)21(3)23-12-8-5-9-13-23;/h4-15,17,20-21,25,28,34H,16,18-19,30H2,1-3H3,(H,31,32);1H/t21?,25-,28+;/m0./s1. The molecule has 4 aromatic rings. The van der Waals surface area contributed by atoms with Crippen molar-refractivity contribution in [3.05, 3.63) is 95.8 Å². The summed E-state index contributed by atoms with van der Waals surface area (Å²) >= 11 is 0. The van der Waals surface area contributed by atoms with Crippen molar-refractivity contribution in [3.63, 3.8) is 0 Å². The molecule has 38 heavy (non-hydrogen) atoms. The molecular formula is C29H37ClN4O3S. The number of imidazole rings is 1. The Labute approximate surface area is 231 Å². The number of aliphatic hydroxyl groups is 1. The molecule has 204 valence electrons. The number of aliphatic hydroxyl groups excluding tert-OH is 1. The van der Waals surface area contributed by atoms with Gasteiger partial charge in [-0.3, -0.25) is 0 Å². The zero-order valence-electron chi connectivity index (χ0n) is 22.0. The van der Waals surface area contributed by atoms with Crippen LogP contribution in [0, 0.1) is 5.92 Å². The van der Waals surface area contributed by atoms with Gasteiger partial charge in [0.15, 0.2) is 0 Å². The zero-order chi connectivity index (χ0) is 26.6. The highest BCUT2D eigenvalue weighted by atomic mass is 35.5. The number of nitrogens with one attached hydrogen (secondary N) is 1. The summed E-state index contributed by atoms with van der Waals surface area (Å²) in [5.41, 5.74) is 9.76. The van der Waals surface area contributed by atoms with Crippen molar-refractivity contribution in [2.75, 3.05) is 13.1 Å². The second kappa shape index (κ2) is 12.9. The third-order valence-corrected chi connectivity index (χ3v) is 8.41. The molecule has 1 unspecified atom stereocenters. The topological polar surface area (TPSA) is 112 Å². The molecule has 0 spiro atoms. The minimum absolute atomic E-state index is 0. The van der Waals surface area contributed by atoms with Gasteiger partial charge in [0, 0.05) is 25.0 Å². The fourth-order valence-corrected chi connectivity index (χ4v) is 6.12. The first-order valence-corrected chi connectivity index (χ1v) is 14.1. The highest BCUT2D eigenvalue weighted by Crippen LogP contribution is 2.27. The van der Waals surface area contributed by atoms with Gasteiger partial charge in [-0.15, -0.1) is 12.4 Å². The van der Waals surface area contributed by atoms with E-state index in [1.807, 2.05) is 74.5 Å². The molecule has 0 saturated carbocycles. The first-order chi connectivity index (χ1) is 17.6. The largest absolute Gasteiger partial charge is 0.390 e. The van der Waals surface area contributed by atoms with Crippen LogP contribution < -0.4 is 5.73 Å². The molecule has 1 aromatic heterocycles. The molecule has 0 bridgehead atoms. The van der Waals surface area contributed by atoms with Gasteiger partial charge in [0.1, 0.15) is 5.82 Å². The molecular weight excluding hydrogens is 520 g/mol. The fraction of sp³-hybridized carbons (Fsp3) is 0.345. The number of nitrogens with two attached hydrogens (primary N) is 1. The van der Waals surface area contributed by atoms with Crippen LogP contribution in [0.15, 0.2) is 83.8 Å². The van der Waals surface area contributed by atoms with Crippen molar-refractivity contribution in [2.24, 2.45) is 11.7 Å². The van der Waals surface area contributed by atoms with Gasteiger partial charge in [-0.2, -0.15) is 4.31 Å². The number of aromatic nitrogens is 2. The first kappa shape index (κ1) is 29.8. The Balaban J connectivity index is 0.00000400. The van der Waals surface area contributed by atoms with Crippen LogP contribution in [0.3, 0.4) is 0 Å². The van der Waals surface area contributed by atoms with Gasteiger partial charge in [-0.1, -0.05) is 81.4 Å². The lowest BCUT2D eigenvalue weighted by atomic mass is 10.0. The summed E-state index contributed by atoms with van der Waals surface area (Å²) in [4.78, 5) is 8.16. The van der Waals surface area contributed by atoms with Gasteiger partial charge in [0.2, 0.25) is 10.0 Å². The molecule has 0 aliphatic rings. The van der Waals surface area contributed by atoms with Crippen LogP contribution in [0.2, 0.25) is 0 Å². The molecule has 4 rings (SSSR count). The van der Waals surface area contributed by atoms with E-state index in [0.717, 1.165) is 17.0 Å². The quantitative estimate of drug-likeness (QED) is 0.247. The van der Waals surface area contributed by atoms with Crippen molar-refractivity contribution in [1.82, 2.24) is 14.3 Å². The highest BCUT2D eigenvalue weighted by molar-refractivity contribution is 7.89. The number of hydrogen-bond acceptors (Lipinski definition) is 5. The van der Waals surface area contributed by atoms with E-state index in [-0.39, 0.29) is 42.2 Å². The Bertz CT molecular complexity index is 1410. The maximum Gasteiger partial charge on any atom is 0.243 e. The summed E-state index contributed by atoms with van der Waals surface area (Å²) in [5, 5.41) is 10.9. The van der Waals surface area contributed by atoms with Crippen LogP contribution in [0.25, 0.3) is 11.0 Å². The lowest BCUT2D eigenvalue weighted by molar-refractivity contribution is 0.116. The van der Waals surface area contributed by atoms with Crippen molar-refractivity contribution in [1.29, 1.82) is 0 Å². The number of rotatable bonds is 11. The molecule has 3 atom stereocenters. The number of fused-ring (bicyclic) bond motifs is 1. The summed E-state index contributed by atoms with van der Waals surface area (Å²) in [6, 6.07) is 24.0. The number of hydrogen-bond donors (Lipinski definition) is 3. The predicted octanol–water partition coefficient (Wildman–Crippen LogP) is 4.71. The van der Waals surface area contributed by atoms with Crippen molar-refractivity contribution >= 4 is 33.5 Å². The van der Waals surface area contributed by atoms with Gasteiger partial charge >= 0.3 is 0 Å². The van der Waals surface area contributed by atoms with E-state index in [9.17, 15) is 13.5 Å². The Morgan fingerprint density at radius 2 is 1.58 bits per heavy atom. The Hall–Kier alpha value is -2.75. The van der Waals surface area contributed by atoms with Crippen LogP contribution in [0.1, 0.15) is 43.6 Å². The molecule has 9 heteroatoms. The zero-order valence-corrected chi connectivity index (χ0v) is 23.6. The fourth-order valence-electron chi connectivity index (χ4n) is 4.47. The van der Waals surface area contributed by atoms with Crippen molar-refractivity contribution < 1.29 is 13.5 Å². The predicted molar refractivity (Wildman–Crippen MR) is 155 cm³/mol. The van der Waals surface area contributed by atoms with E-state index in [4.69, 9.17) is 10.7 Å². The number of halogens is 1. The summed E-state index contributed by atoms with van der Waals surface area (Å²) < 4.78 is 28.8. The molecule has 0 amide bonds. The highest BCUT2D eigenvalue weighted by Gasteiger charge is 2.30. The van der Waals surface area contributed by atoms with Crippen LogP contribution in [0.5, 0.6) is 0 Å². The van der Waals surface area contributed by atoms with Crippen LogP contribution in [0.4, 0.5) is 0 Å². The van der Waals surface area contributed by atoms with E-state index < -0.39 is 22.2 Å². The molecule has 0 saturated heterocycles. The first-order valence-electron chi connectivity index (χ1n) is 12.7. The maximum atomic E-state index is 13.7. The molecule has 0 radical (unpaired) electrons. The van der Waals surface area contributed by atoms with Crippen molar-refractivity contribution in [2.45, 2.75) is 50.2 Å². The molecule has 0 aliphatic carbocycles. The average Bonchev–Trinajstić information content (AvgIpc) is 3.32. The molecule has 3 aromatic carbocycles. The SMILES string of the molecule is CC(C)CN(C[C@@H](O)[C@@H](N)Cc1ccccc1)S(=O)(=O)c1ccc2nc(C(C)c3ccccc3)[nH]c2c1.Cl. The Morgan fingerprint density at radius 3 is 2.21 bits per heavy atom. The molecule has 0 aliphatic heterocycles.